The second-order valence-corrected chi connectivity index (χ2v) is 8.10. The van der Waals surface area contributed by atoms with Crippen LogP contribution < -0.4 is 9.46 Å². The summed E-state index contributed by atoms with van der Waals surface area (Å²) in [6, 6.07) is 12.5. The van der Waals surface area contributed by atoms with Crippen molar-refractivity contribution in [3.05, 3.63) is 65.4 Å². The smallest absolute Gasteiger partial charge is 0.240 e. The molecule has 0 saturated carbocycles. The Morgan fingerprint density at radius 3 is 2.65 bits per heavy atom. The molecule has 0 saturated heterocycles. The summed E-state index contributed by atoms with van der Waals surface area (Å²) < 4.78 is 45.1. The molecule has 2 aromatic carbocycles. The standard InChI is InChI=1S/C18H17FN2O3S2/c1-24-16-7-5-13(6-8-16)18-21-15(12-25-18)9-10-20-26(22,23)17-4-2-3-14(19)11-17/h2-8,11-12,20H,9-10H2,1H3. The van der Waals surface area contributed by atoms with Crippen LogP contribution in [0.3, 0.4) is 0 Å². The van der Waals surface area contributed by atoms with Crippen LogP contribution in [0.4, 0.5) is 4.39 Å². The van der Waals surface area contributed by atoms with Gasteiger partial charge < -0.3 is 4.74 Å². The van der Waals surface area contributed by atoms with E-state index < -0.39 is 15.8 Å². The van der Waals surface area contributed by atoms with Gasteiger partial charge in [-0.05, 0) is 42.5 Å². The van der Waals surface area contributed by atoms with Gasteiger partial charge in [0.05, 0.1) is 17.7 Å². The average molecular weight is 392 g/mol. The number of sulfonamides is 1. The Morgan fingerprint density at radius 2 is 1.96 bits per heavy atom. The Balaban J connectivity index is 1.61. The minimum Gasteiger partial charge on any atom is -0.497 e. The molecule has 0 aliphatic heterocycles. The first-order valence-corrected chi connectivity index (χ1v) is 10.2. The van der Waals surface area contributed by atoms with Crippen LogP contribution in [-0.2, 0) is 16.4 Å². The van der Waals surface area contributed by atoms with Crippen molar-refractivity contribution in [2.75, 3.05) is 13.7 Å². The fraction of sp³-hybridized carbons (Fsp3) is 0.167. The molecule has 0 atom stereocenters. The van der Waals surface area contributed by atoms with E-state index in [9.17, 15) is 12.8 Å². The van der Waals surface area contributed by atoms with Crippen LogP contribution in [0.5, 0.6) is 5.75 Å². The van der Waals surface area contributed by atoms with Crippen LogP contribution in [0.1, 0.15) is 5.69 Å². The Morgan fingerprint density at radius 1 is 1.19 bits per heavy atom. The van der Waals surface area contributed by atoms with E-state index in [-0.39, 0.29) is 11.4 Å². The topological polar surface area (TPSA) is 68.3 Å². The summed E-state index contributed by atoms with van der Waals surface area (Å²) in [7, 11) is -2.12. The quantitative estimate of drug-likeness (QED) is 0.668. The number of nitrogens with zero attached hydrogens (tertiary/aromatic N) is 1. The average Bonchev–Trinajstić information content (AvgIpc) is 3.10. The Labute approximate surface area is 155 Å². The molecule has 0 aliphatic carbocycles. The summed E-state index contributed by atoms with van der Waals surface area (Å²) >= 11 is 1.49. The number of thiazole rings is 1. The van der Waals surface area contributed by atoms with Crippen molar-refractivity contribution in [1.82, 2.24) is 9.71 Å². The van der Waals surface area contributed by atoms with Gasteiger partial charge in [0.15, 0.2) is 0 Å². The molecule has 1 N–H and O–H groups in total. The molecule has 136 valence electrons. The monoisotopic (exact) mass is 392 g/mol. The first-order chi connectivity index (χ1) is 12.5. The maximum atomic E-state index is 13.2. The number of halogens is 1. The Hall–Kier alpha value is -2.29. The van der Waals surface area contributed by atoms with Crippen molar-refractivity contribution in [2.45, 2.75) is 11.3 Å². The van der Waals surface area contributed by atoms with Crippen LogP contribution in [0.2, 0.25) is 0 Å². The summed E-state index contributed by atoms with van der Waals surface area (Å²) in [5.41, 5.74) is 1.77. The third-order valence-electron chi connectivity index (χ3n) is 3.67. The molecule has 0 radical (unpaired) electrons. The summed E-state index contributed by atoms with van der Waals surface area (Å²) in [5, 5.41) is 2.76. The number of hydrogen-bond acceptors (Lipinski definition) is 5. The predicted molar refractivity (Wildman–Crippen MR) is 99.4 cm³/mol. The van der Waals surface area contributed by atoms with Crippen molar-refractivity contribution < 1.29 is 17.5 Å². The van der Waals surface area contributed by atoms with Gasteiger partial charge in [0.2, 0.25) is 10.0 Å². The zero-order valence-corrected chi connectivity index (χ0v) is 15.6. The van der Waals surface area contributed by atoms with Gasteiger partial charge in [0.1, 0.15) is 16.6 Å². The summed E-state index contributed by atoms with van der Waals surface area (Å²) in [5.74, 6) is 0.189. The molecule has 0 unspecified atom stereocenters. The molecule has 26 heavy (non-hydrogen) atoms. The maximum Gasteiger partial charge on any atom is 0.240 e. The Bertz CT molecular complexity index is 986. The largest absolute Gasteiger partial charge is 0.497 e. The molecule has 8 heteroatoms. The molecule has 0 bridgehead atoms. The third kappa shape index (κ3) is 4.46. The van der Waals surface area contributed by atoms with E-state index in [0.29, 0.717) is 6.42 Å². The van der Waals surface area contributed by atoms with Crippen molar-refractivity contribution in [1.29, 1.82) is 0 Å². The Kier molecular flexibility index (Phi) is 5.65. The fourth-order valence-corrected chi connectivity index (χ4v) is 4.24. The highest BCUT2D eigenvalue weighted by molar-refractivity contribution is 7.89. The van der Waals surface area contributed by atoms with E-state index in [4.69, 9.17) is 4.74 Å². The molecule has 3 rings (SSSR count). The number of rotatable bonds is 7. The van der Waals surface area contributed by atoms with E-state index >= 15 is 0 Å². The number of aromatic nitrogens is 1. The highest BCUT2D eigenvalue weighted by atomic mass is 32.2. The third-order valence-corrected chi connectivity index (χ3v) is 6.07. The van der Waals surface area contributed by atoms with E-state index in [0.717, 1.165) is 28.1 Å². The zero-order chi connectivity index (χ0) is 18.6. The van der Waals surface area contributed by atoms with Gasteiger partial charge in [-0.3, -0.25) is 0 Å². The lowest BCUT2D eigenvalue weighted by molar-refractivity contribution is 0.415. The second-order valence-electron chi connectivity index (χ2n) is 5.48. The van der Waals surface area contributed by atoms with Crippen LogP contribution in [-0.4, -0.2) is 27.1 Å². The van der Waals surface area contributed by atoms with Crippen molar-refractivity contribution in [3.8, 4) is 16.3 Å². The SMILES string of the molecule is COc1ccc(-c2nc(CCNS(=O)(=O)c3cccc(F)c3)cs2)cc1. The number of nitrogens with one attached hydrogen (secondary N) is 1. The first-order valence-electron chi connectivity index (χ1n) is 7.82. The predicted octanol–water partition coefficient (Wildman–Crippen LogP) is 3.48. The lowest BCUT2D eigenvalue weighted by Crippen LogP contribution is -2.26. The lowest BCUT2D eigenvalue weighted by Gasteiger charge is -2.06. The van der Waals surface area contributed by atoms with Crippen LogP contribution in [0, 0.1) is 5.82 Å². The van der Waals surface area contributed by atoms with Crippen molar-refractivity contribution >= 4 is 21.4 Å². The van der Waals surface area contributed by atoms with Gasteiger partial charge in [0, 0.05) is 23.9 Å². The van der Waals surface area contributed by atoms with Gasteiger partial charge in [0.25, 0.3) is 0 Å². The van der Waals surface area contributed by atoms with E-state index in [1.165, 1.54) is 29.5 Å². The van der Waals surface area contributed by atoms with E-state index in [1.807, 2.05) is 29.6 Å². The molecular weight excluding hydrogens is 375 g/mol. The minimum atomic E-state index is -3.73. The minimum absolute atomic E-state index is 0.0882. The molecular formula is C18H17FN2O3S2. The molecule has 5 nitrogen and oxygen atoms in total. The normalized spacial score (nSPS) is 11.5. The van der Waals surface area contributed by atoms with Crippen molar-refractivity contribution in [2.24, 2.45) is 0 Å². The number of ether oxygens (including phenoxy) is 1. The highest BCUT2D eigenvalue weighted by Gasteiger charge is 2.14. The lowest BCUT2D eigenvalue weighted by atomic mass is 10.2. The van der Waals surface area contributed by atoms with Gasteiger partial charge >= 0.3 is 0 Å². The van der Waals surface area contributed by atoms with Crippen LogP contribution in [0.15, 0.2) is 58.8 Å². The molecule has 0 aliphatic rings. The molecule has 3 aromatic rings. The number of benzene rings is 2. The summed E-state index contributed by atoms with van der Waals surface area (Å²) in [4.78, 5) is 4.44. The van der Waals surface area contributed by atoms with Gasteiger partial charge in [-0.15, -0.1) is 11.3 Å². The number of methoxy groups -OCH3 is 1. The molecule has 0 spiro atoms. The van der Waals surface area contributed by atoms with Gasteiger partial charge in [-0.1, -0.05) is 6.07 Å². The summed E-state index contributed by atoms with van der Waals surface area (Å²) in [6.07, 6.45) is 0.446. The first kappa shape index (κ1) is 18.5. The maximum absolute atomic E-state index is 13.2. The zero-order valence-electron chi connectivity index (χ0n) is 14.0. The van der Waals surface area contributed by atoms with E-state index in [1.54, 1.807) is 7.11 Å². The van der Waals surface area contributed by atoms with Crippen LogP contribution in [0.25, 0.3) is 10.6 Å². The molecule has 1 aromatic heterocycles. The molecule has 1 heterocycles. The second kappa shape index (κ2) is 7.94. The van der Waals surface area contributed by atoms with E-state index in [2.05, 4.69) is 9.71 Å². The fourth-order valence-electron chi connectivity index (χ4n) is 2.32. The highest BCUT2D eigenvalue weighted by Crippen LogP contribution is 2.25. The molecule has 0 fully saturated rings. The number of hydrogen-bond donors (Lipinski definition) is 1. The summed E-state index contributed by atoms with van der Waals surface area (Å²) in [6.45, 7) is 0.185. The molecule has 0 amide bonds. The van der Waals surface area contributed by atoms with Gasteiger partial charge in [-0.25, -0.2) is 22.5 Å². The van der Waals surface area contributed by atoms with Crippen molar-refractivity contribution in [3.63, 3.8) is 0 Å². The van der Waals surface area contributed by atoms with Crippen LogP contribution >= 0.6 is 11.3 Å². The van der Waals surface area contributed by atoms with Gasteiger partial charge in [-0.2, -0.15) is 0 Å².